The summed E-state index contributed by atoms with van der Waals surface area (Å²) in [7, 11) is 0. The van der Waals surface area contributed by atoms with E-state index < -0.39 is 0 Å². The standard InChI is InChI=1S/C11H16N4O2S/c1-18-5-8(4-16)12-2-7-3-13-10-9(7)14-6-15-11(10)17/h3,6,8,12-13,16H,2,4-5H2,1H3,(H,14,15,17)/t8-/m1/s1. The van der Waals surface area contributed by atoms with Crippen molar-refractivity contribution in [1.82, 2.24) is 20.3 Å². The maximum absolute atomic E-state index is 11.5. The van der Waals surface area contributed by atoms with E-state index >= 15 is 0 Å². The first-order chi connectivity index (χ1) is 8.76. The average molecular weight is 268 g/mol. The van der Waals surface area contributed by atoms with Crippen molar-refractivity contribution >= 4 is 22.8 Å². The molecule has 0 unspecified atom stereocenters. The van der Waals surface area contributed by atoms with Crippen molar-refractivity contribution < 1.29 is 5.11 Å². The van der Waals surface area contributed by atoms with Crippen LogP contribution in [-0.4, -0.2) is 44.7 Å². The molecule has 0 fully saturated rings. The van der Waals surface area contributed by atoms with Gasteiger partial charge in [-0.1, -0.05) is 0 Å². The first-order valence-electron chi connectivity index (χ1n) is 5.63. The van der Waals surface area contributed by atoms with Crippen LogP contribution in [0.25, 0.3) is 11.0 Å². The number of H-pyrrole nitrogens is 2. The Bertz CT molecular complexity index is 565. The third-order valence-corrected chi connectivity index (χ3v) is 3.45. The Morgan fingerprint density at radius 2 is 2.39 bits per heavy atom. The van der Waals surface area contributed by atoms with Crippen LogP contribution in [0.1, 0.15) is 5.56 Å². The zero-order chi connectivity index (χ0) is 13.0. The fourth-order valence-corrected chi connectivity index (χ4v) is 2.40. The van der Waals surface area contributed by atoms with Gasteiger partial charge in [-0.15, -0.1) is 0 Å². The van der Waals surface area contributed by atoms with E-state index in [-0.39, 0.29) is 18.2 Å². The van der Waals surface area contributed by atoms with Gasteiger partial charge in [0.2, 0.25) is 0 Å². The molecule has 0 aliphatic carbocycles. The number of aliphatic hydroxyl groups is 1. The molecule has 2 rings (SSSR count). The normalized spacial score (nSPS) is 13.0. The van der Waals surface area contributed by atoms with Crippen molar-refractivity contribution in [1.29, 1.82) is 0 Å². The largest absolute Gasteiger partial charge is 0.395 e. The number of hydrogen-bond donors (Lipinski definition) is 4. The van der Waals surface area contributed by atoms with E-state index in [4.69, 9.17) is 0 Å². The highest BCUT2D eigenvalue weighted by molar-refractivity contribution is 7.98. The predicted molar refractivity (Wildman–Crippen MR) is 72.8 cm³/mol. The second-order valence-electron chi connectivity index (χ2n) is 3.98. The van der Waals surface area contributed by atoms with Gasteiger partial charge in [-0.2, -0.15) is 11.8 Å². The molecule has 0 saturated carbocycles. The lowest BCUT2D eigenvalue weighted by molar-refractivity contribution is 0.253. The molecule has 98 valence electrons. The molecular formula is C11H16N4O2S. The molecule has 7 heteroatoms. The van der Waals surface area contributed by atoms with Gasteiger partial charge >= 0.3 is 0 Å². The molecule has 0 bridgehead atoms. The van der Waals surface area contributed by atoms with Crippen molar-refractivity contribution in [2.75, 3.05) is 18.6 Å². The van der Waals surface area contributed by atoms with E-state index in [9.17, 15) is 9.90 Å². The minimum absolute atomic E-state index is 0.0481. The van der Waals surface area contributed by atoms with Crippen molar-refractivity contribution in [3.63, 3.8) is 0 Å². The molecule has 2 aromatic heterocycles. The number of fused-ring (bicyclic) bond motifs is 1. The monoisotopic (exact) mass is 268 g/mol. The highest BCUT2D eigenvalue weighted by Gasteiger charge is 2.10. The smallest absolute Gasteiger partial charge is 0.275 e. The zero-order valence-electron chi connectivity index (χ0n) is 10.1. The Hall–Kier alpha value is -1.31. The highest BCUT2D eigenvalue weighted by atomic mass is 32.2. The van der Waals surface area contributed by atoms with Gasteiger partial charge in [0.1, 0.15) is 5.52 Å². The van der Waals surface area contributed by atoms with Gasteiger partial charge in [0.15, 0.2) is 0 Å². The van der Waals surface area contributed by atoms with Crippen LogP contribution in [-0.2, 0) is 6.54 Å². The van der Waals surface area contributed by atoms with Gasteiger partial charge in [-0.05, 0) is 6.26 Å². The summed E-state index contributed by atoms with van der Waals surface area (Å²) in [5.74, 6) is 0.840. The van der Waals surface area contributed by atoms with Gasteiger partial charge in [0, 0.05) is 30.1 Å². The summed E-state index contributed by atoms with van der Waals surface area (Å²) in [4.78, 5) is 21.1. The summed E-state index contributed by atoms with van der Waals surface area (Å²) in [5.41, 5.74) is 1.91. The van der Waals surface area contributed by atoms with E-state index in [1.807, 2.05) is 6.26 Å². The SMILES string of the molecule is CSC[C@@H](CO)NCc1c[nH]c2c(=O)[nH]cnc12. The molecule has 0 aromatic carbocycles. The number of nitrogens with zero attached hydrogens (tertiary/aromatic N) is 1. The van der Waals surface area contributed by atoms with Crippen LogP contribution in [0.3, 0.4) is 0 Å². The molecule has 0 amide bonds. The molecule has 2 heterocycles. The zero-order valence-corrected chi connectivity index (χ0v) is 10.9. The number of aromatic amines is 2. The van der Waals surface area contributed by atoms with Gasteiger partial charge in [-0.25, -0.2) is 4.98 Å². The van der Waals surface area contributed by atoms with E-state index in [1.165, 1.54) is 6.33 Å². The van der Waals surface area contributed by atoms with Gasteiger partial charge < -0.3 is 20.4 Å². The van der Waals surface area contributed by atoms with Crippen LogP contribution in [0.2, 0.25) is 0 Å². The summed E-state index contributed by atoms with van der Waals surface area (Å²) in [5, 5.41) is 12.4. The molecule has 0 radical (unpaired) electrons. The van der Waals surface area contributed by atoms with Gasteiger partial charge in [0.05, 0.1) is 18.5 Å². The second kappa shape index (κ2) is 6.03. The van der Waals surface area contributed by atoms with Gasteiger partial charge in [0.25, 0.3) is 5.56 Å². The quantitative estimate of drug-likeness (QED) is 0.594. The summed E-state index contributed by atoms with van der Waals surface area (Å²) in [6, 6.07) is 0.0481. The molecule has 1 atom stereocenters. The second-order valence-corrected chi connectivity index (χ2v) is 4.90. The van der Waals surface area contributed by atoms with Crippen LogP contribution in [0.4, 0.5) is 0 Å². The van der Waals surface area contributed by atoms with E-state index in [2.05, 4.69) is 20.3 Å². The van der Waals surface area contributed by atoms with Crippen molar-refractivity contribution in [3.8, 4) is 0 Å². The lowest BCUT2D eigenvalue weighted by Gasteiger charge is -2.14. The van der Waals surface area contributed by atoms with Crippen LogP contribution in [0.15, 0.2) is 17.3 Å². The maximum Gasteiger partial charge on any atom is 0.275 e. The number of aromatic nitrogens is 3. The van der Waals surface area contributed by atoms with E-state index in [0.29, 0.717) is 17.6 Å². The van der Waals surface area contributed by atoms with Crippen LogP contribution in [0.5, 0.6) is 0 Å². The summed E-state index contributed by atoms with van der Waals surface area (Å²) in [6.07, 6.45) is 5.16. The minimum atomic E-state index is -0.172. The predicted octanol–water partition coefficient (Wildman–Crippen LogP) is 0.0647. The molecule has 0 spiro atoms. The fourth-order valence-electron chi connectivity index (χ4n) is 1.77. The Morgan fingerprint density at radius 1 is 1.56 bits per heavy atom. The van der Waals surface area contributed by atoms with Crippen LogP contribution >= 0.6 is 11.8 Å². The molecule has 0 aliphatic heterocycles. The number of thioether (sulfide) groups is 1. The minimum Gasteiger partial charge on any atom is -0.395 e. The summed E-state index contributed by atoms with van der Waals surface area (Å²) < 4.78 is 0. The van der Waals surface area contributed by atoms with Crippen molar-refractivity contribution in [2.24, 2.45) is 0 Å². The van der Waals surface area contributed by atoms with Crippen molar-refractivity contribution in [2.45, 2.75) is 12.6 Å². The third kappa shape index (κ3) is 2.74. The number of hydrogen-bond acceptors (Lipinski definition) is 5. The summed E-state index contributed by atoms with van der Waals surface area (Å²) in [6.45, 7) is 0.666. The topological polar surface area (TPSA) is 93.8 Å². The van der Waals surface area contributed by atoms with E-state index in [0.717, 1.165) is 11.3 Å². The Balaban J connectivity index is 2.12. The number of aliphatic hydroxyl groups excluding tert-OH is 1. The fraction of sp³-hybridized carbons (Fsp3) is 0.455. The maximum atomic E-state index is 11.5. The Labute approximate surface area is 108 Å². The first-order valence-corrected chi connectivity index (χ1v) is 7.02. The highest BCUT2D eigenvalue weighted by Crippen LogP contribution is 2.11. The molecule has 18 heavy (non-hydrogen) atoms. The number of nitrogens with one attached hydrogen (secondary N) is 3. The lowest BCUT2D eigenvalue weighted by Crippen LogP contribution is -2.34. The molecule has 6 nitrogen and oxygen atoms in total. The third-order valence-electron chi connectivity index (χ3n) is 2.72. The molecule has 2 aromatic rings. The van der Waals surface area contributed by atoms with E-state index in [1.54, 1.807) is 18.0 Å². The lowest BCUT2D eigenvalue weighted by atomic mass is 10.2. The number of rotatable bonds is 6. The van der Waals surface area contributed by atoms with Gasteiger partial charge in [-0.3, -0.25) is 4.79 Å². The molecule has 0 saturated heterocycles. The van der Waals surface area contributed by atoms with Crippen LogP contribution in [0, 0.1) is 0 Å². The molecule has 0 aliphatic rings. The molecular weight excluding hydrogens is 252 g/mol. The first kappa shape index (κ1) is 13.1. The van der Waals surface area contributed by atoms with Crippen molar-refractivity contribution in [3.05, 3.63) is 28.4 Å². The average Bonchev–Trinajstić information content (AvgIpc) is 2.79. The Morgan fingerprint density at radius 3 is 3.11 bits per heavy atom. The molecule has 4 N–H and O–H groups in total. The Kier molecular flexibility index (Phi) is 4.40. The summed E-state index contributed by atoms with van der Waals surface area (Å²) >= 11 is 1.68. The van der Waals surface area contributed by atoms with Crippen LogP contribution < -0.4 is 10.9 Å².